The van der Waals surface area contributed by atoms with Gasteiger partial charge in [0.05, 0.1) is 35.2 Å². The van der Waals surface area contributed by atoms with Crippen molar-refractivity contribution in [3.05, 3.63) is 77.5 Å². The maximum Gasteiger partial charge on any atom is 0.309 e. The summed E-state index contributed by atoms with van der Waals surface area (Å²) < 4.78 is 37.6. The van der Waals surface area contributed by atoms with Crippen molar-refractivity contribution in [3.63, 3.8) is 0 Å². The van der Waals surface area contributed by atoms with Gasteiger partial charge in [-0.25, -0.2) is 8.42 Å². The second-order valence-electron chi connectivity index (χ2n) is 11.5. The van der Waals surface area contributed by atoms with Crippen LogP contribution in [0.4, 0.5) is 0 Å². The van der Waals surface area contributed by atoms with Crippen LogP contribution in [-0.2, 0) is 21.2 Å². The van der Waals surface area contributed by atoms with E-state index in [2.05, 4.69) is 18.2 Å². The van der Waals surface area contributed by atoms with Crippen LogP contribution in [0.15, 0.2) is 65.6 Å². The molecule has 220 valence electrons. The Balaban J connectivity index is 1.37. The van der Waals surface area contributed by atoms with Crippen LogP contribution in [0, 0.1) is 5.92 Å². The summed E-state index contributed by atoms with van der Waals surface area (Å²) in [5.41, 5.74) is 5.40. The van der Waals surface area contributed by atoms with Gasteiger partial charge in [0.1, 0.15) is 5.75 Å². The zero-order valence-electron chi connectivity index (χ0n) is 24.1. The summed E-state index contributed by atoms with van der Waals surface area (Å²) >= 11 is 0. The van der Waals surface area contributed by atoms with E-state index >= 15 is 0 Å². The van der Waals surface area contributed by atoms with Gasteiger partial charge in [0.25, 0.3) is 0 Å². The topological polar surface area (TPSA) is 102 Å². The van der Waals surface area contributed by atoms with E-state index < -0.39 is 16.0 Å². The number of allylic oxidation sites excluding steroid dienone is 6. The first-order valence-electron chi connectivity index (χ1n) is 14.8. The van der Waals surface area contributed by atoms with Crippen molar-refractivity contribution in [3.8, 4) is 5.75 Å². The lowest BCUT2D eigenvalue weighted by atomic mass is 9.93. The molecule has 2 aliphatic carbocycles. The smallest absolute Gasteiger partial charge is 0.309 e. The number of aromatic nitrogens is 2. The zero-order chi connectivity index (χ0) is 29.4. The molecule has 0 amide bonds. The Labute approximate surface area is 247 Å². The number of benzene rings is 2. The van der Waals surface area contributed by atoms with E-state index in [0.717, 1.165) is 41.3 Å². The number of hydrogen-bond donors (Lipinski definition) is 1. The molecule has 2 heterocycles. The van der Waals surface area contributed by atoms with E-state index in [-0.39, 0.29) is 29.8 Å². The molecule has 0 unspecified atom stereocenters. The standard InChI is InChI=1S/C33H37N3O5S/c1-3-41-26-14-16-32(28(18-26)24-11-7-8-12-24)42(39,40)35-20-22(2)31(21-35)36-30-17-25(23-9-5-4-6-10-23)13-15-27(30)29(34-36)19-33(37)38/h7-9,11,13-18,22,31H,3-6,10,12,19-21H2,1-2H3,(H,37,38)/t22-,31+/m1/s1. The fourth-order valence-electron chi connectivity index (χ4n) is 6.48. The molecule has 0 saturated carbocycles. The lowest BCUT2D eigenvalue weighted by molar-refractivity contribution is -0.136. The summed E-state index contributed by atoms with van der Waals surface area (Å²) in [5.74, 6) is -0.329. The third-order valence-electron chi connectivity index (χ3n) is 8.61. The number of aliphatic carboxylic acids is 1. The highest BCUT2D eigenvalue weighted by molar-refractivity contribution is 7.89. The minimum Gasteiger partial charge on any atom is -0.494 e. The van der Waals surface area contributed by atoms with Gasteiger partial charge < -0.3 is 9.84 Å². The molecule has 1 saturated heterocycles. The lowest BCUT2D eigenvalue weighted by Gasteiger charge is -2.20. The van der Waals surface area contributed by atoms with Crippen molar-refractivity contribution in [2.45, 2.75) is 63.3 Å². The minimum absolute atomic E-state index is 0.0309. The number of carboxylic acid groups (broad SMARTS) is 1. The molecule has 1 aromatic heterocycles. The first kappa shape index (κ1) is 28.4. The Morgan fingerprint density at radius 1 is 1.12 bits per heavy atom. The van der Waals surface area contributed by atoms with Crippen molar-refractivity contribution in [2.24, 2.45) is 5.92 Å². The van der Waals surface area contributed by atoms with Gasteiger partial charge in [-0.2, -0.15) is 9.40 Å². The van der Waals surface area contributed by atoms with Crippen molar-refractivity contribution in [1.29, 1.82) is 0 Å². The van der Waals surface area contributed by atoms with Crippen LogP contribution in [0.2, 0.25) is 0 Å². The van der Waals surface area contributed by atoms with Crippen LogP contribution in [-0.4, -0.2) is 53.3 Å². The predicted octanol–water partition coefficient (Wildman–Crippen LogP) is 6.24. The molecule has 1 N–H and O–H groups in total. The zero-order valence-corrected chi connectivity index (χ0v) is 24.9. The number of ether oxygens (including phenoxy) is 1. The van der Waals surface area contributed by atoms with E-state index in [1.54, 1.807) is 16.4 Å². The van der Waals surface area contributed by atoms with E-state index in [1.165, 1.54) is 12.0 Å². The maximum absolute atomic E-state index is 14.2. The third-order valence-corrected chi connectivity index (χ3v) is 10.5. The first-order chi connectivity index (χ1) is 20.3. The average molecular weight is 588 g/mol. The van der Waals surface area contributed by atoms with Crippen LogP contribution in [0.1, 0.15) is 68.8 Å². The normalized spacial score (nSPS) is 21.1. The third kappa shape index (κ3) is 5.31. The van der Waals surface area contributed by atoms with Gasteiger partial charge in [-0.1, -0.05) is 43.4 Å². The summed E-state index contributed by atoms with van der Waals surface area (Å²) in [6.07, 6.45) is 13.1. The van der Waals surface area contributed by atoms with Crippen molar-refractivity contribution in [1.82, 2.24) is 14.1 Å². The molecule has 6 rings (SSSR count). The fraction of sp³-hybridized carbons (Fsp3) is 0.394. The summed E-state index contributed by atoms with van der Waals surface area (Å²) in [4.78, 5) is 12.0. The van der Waals surface area contributed by atoms with Crippen LogP contribution < -0.4 is 4.74 Å². The summed E-state index contributed by atoms with van der Waals surface area (Å²) in [7, 11) is -3.84. The number of carbonyl (C=O) groups is 1. The molecule has 2 aromatic carbocycles. The van der Waals surface area contributed by atoms with E-state index in [9.17, 15) is 18.3 Å². The number of hydrogen-bond acceptors (Lipinski definition) is 5. The van der Waals surface area contributed by atoms with Gasteiger partial charge in [-0.05, 0) is 85.9 Å². The Kier molecular flexibility index (Phi) is 7.81. The number of nitrogens with zero attached hydrogens (tertiary/aromatic N) is 3. The fourth-order valence-corrected chi connectivity index (χ4v) is 8.24. The Morgan fingerprint density at radius 2 is 1.98 bits per heavy atom. The summed E-state index contributed by atoms with van der Waals surface area (Å²) in [5, 5.41) is 15.2. The Bertz CT molecular complexity index is 1730. The summed E-state index contributed by atoms with van der Waals surface area (Å²) in [6, 6.07) is 11.1. The Hall–Kier alpha value is -3.69. The molecule has 0 bridgehead atoms. The maximum atomic E-state index is 14.2. The van der Waals surface area contributed by atoms with Crippen molar-refractivity contribution >= 4 is 38.0 Å². The van der Waals surface area contributed by atoms with Crippen molar-refractivity contribution < 1.29 is 23.1 Å². The van der Waals surface area contributed by atoms with Crippen LogP contribution >= 0.6 is 0 Å². The van der Waals surface area contributed by atoms with Crippen LogP contribution in [0.3, 0.4) is 0 Å². The molecule has 1 fully saturated rings. The molecule has 42 heavy (non-hydrogen) atoms. The summed E-state index contributed by atoms with van der Waals surface area (Å²) in [6.45, 7) is 5.04. The molecular formula is C33H37N3O5S. The molecule has 3 aliphatic rings. The van der Waals surface area contributed by atoms with Crippen molar-refractivity contribution in [2.75, 3.05) is 19.7 Å². The average Bonchev–Trinajstić information content (AvgIpc) is 3.73. The lowest BCUT2D eigenvalue weighted by Crippen LogP contribution is -2.30. The van der Waals surface area contributed by atoms with Gasteiger partial charge in [0.15, 0.2) is 0 Å². The largest absolute Gasteiger partial charge is 0.494 e. The van der Waals surface area contributed by atoms with Gasteiger partial charge >= 0.3 is 5.97 Å². The second kappa shape index (κ2) is 11.5. The van der Waals surface area contributed by atoms with Gasteiger partial charge in [0, 0.05) is 24.0 Å². The van der Waals surface area contributed by atoms with Crippen LogP contribution in [0.25, 0.3) is 22.0 Å². The van der Waals surface area contributed by atoms with Crippen LogP contribution in [0.5, 0.6) is 5.75 Å². The number of rotatable bonds is 9. The number of carboxylic acids is 1. The number of fused-ring (bicyclic) bond motifs is 1. The highest BCUT2D eigenvalue weighted by Gasteiger charge is 2.40. The quantitative estimate of drug-likeness (QED) is 0.318. The predicted molar refractivity (Wildman–Crippen MR) is 164 cm³/mol. The van der Waals surface area contributed by atoms with E-state index in [1.807, 2.05) is 48.9 Å². The minimum atomic E-state index is -3.84. The van der Waals surface area contributed by atoms with Gasteiger partial charge in [0.2, 0.25) is 10.0 Å². The molecule has 0 radical (unpaired) electrons. The monoisotopic (exact) mass is 587 g/mol. The molecule has 1 aliphatic heterocycles. The molecule has 9 heteroatoms. The van der Waals surface area contributed by atoms with E-state index in [4.69, 9.17) is 9.84 Å². The van der Waals surface area contributed by atoms with Gasteiger partial charge in [-0.3, -0.25) is 9.48 Å². The molecule has 3 aromatic rings. The first-order valence-corrected chi connectivity index (χ1v) is 16.3. The highest BCUT2D eigenvalue weighted by Crippen LogP contribution is 2.39. The number of sulfonamides is 1. The molecule has 8 nitrogen and oxygen atoms in total. The highest BCUT2D eigenvalue weighted by atomic mass is 32.2. The van der Waals surface area contributed by atoms with Gasteiger partial charge in [-0.15, -0.1) is 0 Å². The molecule has 0 spiro atoms. The van der Waals surface area contributed by atoms with E-state index in [0.29, 0.717) is 36.6 Å². The molecular weight excluding hydrogens is 550 g/mol. The second-order valence-corrected chi connectivity index (χ2v) is 13.4. The Morgan fingerprint density at radius 3 is 2.69 bits per heavy atom. The SMILES string of the molecule is CCOc1ccc(S(=O)(=O)N2C[C@@H](C)[C@@H](n3nc(CC(=O)O)c4ccc(C5=CCCCC5)cc43)C2)c(C2=CC=CC2)c1. The molecule has 2 atom stereocenters.